The summed E-state index contributed by atoms with van der Waals surface area (Å²) < 4.78 is 0. The first-order valence-corrected chi connectivity index (χ1v) is 8.49. The SMILES string of the molecule is CC(=O)N1CCN(CCC(=O)NCc2ccc(Cl)cc2)C[C@@H](O)C1. The minimum Gasteiger partial charge on any atom is -0.390 e. The van der Waals surface area contributed by atoms with Gasteiger partial charge in [-0.2, -0.15) is 0 Å². The summed E-state index contributed by atoms with van der Waals surface area (Å²) in [5.74, 6) is -0.0660. The Bertz CT molecular complexity index is 565. The number of benzene rings is 1. The Morgan fingerprint density at radius 1 is 1.25 bits per heavy atom. The van der Waals surface area contributed by atoms with E-state index in [1.165, 1.54) is 6.92 Å². The van der Waals surface area contributed by atoms with Crippen LogP contribution in [0.1, 0.15) is 18.9 Å². The van der Waals surface area contributed by atoms with Gasteiger partial charge in [-0.25, -0.2) is 0 Å². The van der Waals surface area contributed by atoms with Gasteiger partial charge in [0.2, 0.25) is 11.8 Å². The van der Waals surface area contributed by atoms with Gasteiger partial charge in [0.25, 0.3) is 0 Å². The Kier molecular flexibility index (Phi) is 7.02. The maximum Gasteiger partial charge on any atom is 0.221 e. The van der Waals surface area contributed by atoms with Crippen molar-refractivity contribution in [2.45, 2.75) is 26.0 Å². The molecule has 0 bridgehead atoms. The van der Waals surface area contributed by atoms with Crippen molar-refractivity contribution in [3.8, 4) is 0 Å². The minimum absolute atomic E-state index is 0.0309. The summed E-state index contributed by atoms with van der Waals surface area (Å²) in [7, 11) is 0. The average Bonchev–Trinajstić information content (AvgIpc) is 2.74. The predicted molar refractivity (Wildman–Crippen MR) is 92.6 cm³/mol. The third-order valence-electron chi connectivity index (χ3n) is 4.09. The van der Waals surface area contributed by atoms with Crippen molar-refractivity contribution in [3.05, 3.63) is 34.9 Å². The molecule has 1 aliphatic heterocycles. The molecule has 1 atom stereocenters. The summed E-state index contributed by atoms with van der Waals surface area (Å²) in [5.41, 5.74) is 0.995. The first kappa shape index (κ1) is 18.7. The highest BCUT2D eigenvalue weighted by Crippen LogP contribution is 2.09. The number of halogens is 1. The maximum atomic E-state index is 12.0. The second kappa shape index (κ2) is 9.01. The fourth-order valence-electron chi connectivity index (χ4n) is 2.69. The van der Waals surface area contributed by atoms with Gasteiger partial charge in [-0.05, 0) is 17.7 Å². The third-order valence-corrected chi connectivity index (χ3v) is 4.34. The molecule has 1 fully saturated rings. The highest BCUT2D eigenvalue weighted by Gasteiger charge is 2.22. The van der Waals surface area contributed by atoms with Crippen LogP contribution in [0.25, 0.3) is 0 Å². The molecule has 0 aliphatic carbocycles. The molecule has 0 aromatic heterocycles. The predicted octanol–water partition coefficient (Wildman–Crippen LogP) is 0.871. The Balaban J connectivity index is 1.72. The van der Waals surface area contributed by atoms with Gasteiger partial charge in [-0.1, -0.05) is 23.7 Å². The van der Waals surface area contributed by atoms with Crippen molar-refractivity contribution >= 4 is 23.4 Å². The highest BCUT2D eigenvalue weighted by molar-refractivity contribution is 6.30. The van der Waals surface area contributed by atoms with Crippen molar-refractivity contribution in [1.29, 1.82) is 0 Å². The topological polar surface area (TPSA) is 72.9 Å². The molecular formula is C17H24ClN3O3. The van der Waals surface area contributed by atoms with E-state index in [4.69, 9.17) is 11.6 Å². The number of aliphatic hydroxyl groups is 1. The summed E-state index contributed by atoms with van der Waals surface area (Å²) in [6, 6.07) is 7.35. The molecule has 0 radical (unpaired) electrons. The van der Waals surface area contributed by atoms with Gasteiger partial charge >= 0.3 is 0 Å². The number of nitrogens with zero attached hydrogens (tertiary/aromatic N) is 2. The molecule has 24 heavy (non-hydrogen) atoms. The molecular weight excluding hydrogens is 330 g/mol. The standard InChI is InChI=1S/C17H24ClN3O3/c1-13(22)21-9-8-20(11-16(23)12-21)7-6-17(24)19-10-14-2-4-15(18)5-3-14/h2-5,16,23H,6-12H2,1H3,(H,19,24)/t16-/m1/s1. The number of amides is 2. The second-order valence-corrected chi connectivity index (χ2v) is 6.51. The first-order valence-electron chi connectivity index (χ1n) is 8.11. The van der Waals surface area contributed by atoms with Crippen LogP contribution in [0.15, 0.2) is 24.3 Å². The Morgan fingerprint density at radius 2 is 1.96 bits per heavy atom. The molecule has 0 spiro atoms. The quantitative estimate of drug-likeness (QED) is 0.824. The molecule has 1 aromatic rings. The van der Waals surface area contributed by atoms with E-state index in [9.17, 15) is 14.7 Å². The van der Waals surface area contributed by atoms with E-state index in [0.717, 1.165) is 5.56 Å². The number of hydrogen-bond acceptors (Lipinski definition) is 4. The van der Waals surface area contributed by atoms with E-state index in [1.54, 1.807) is 17.0 Å². The lowest BCUT2D eigenvalue weighted by Crippen LogP contribution is -2.36. The van der Waals surface area contributed by atoms with Crippen molar-refractivity contribution in [2.75, 3.05) is 32.7 Å². The van der Waals surface area contributed by atoms with Crippen molar-refractivity contribution in [3.63, 3.8) is 0 Å². The lowest BCUT2D eigenvalue weighted by Gasteiger charge is -2.20. The molecule has 2 amide bonds. The number of β-amino-alcohol motifs (C(OH)–C–C–N with tert-alkyl or cyclic N) is 1. The fraction of sp³-hybridized carbons (Fsp3) is 0.529. The Hall–Kier alpha value is -1.63. The van der Waals surface area contributed by atoms with Gasteiger partial charge in [-0.3, -0.25) is 14.5 Å². The van der Waals surface area contributed by atoms with Gasteiger partial charge in [0.05, 0.1) is 6.10 Å². The number of hydrogen-bond donors (Lipinski definition) is 2. The zero-order valence-electron chi connectivity index (χ0n) is 13.9. The van der Waals surface area contributed by atoms with Gasteiger partial charge in [0, 0.05) is 57.6 Å². The molecule has 1 heterocycles. The van der Waals surface area contributed by atoms with E-state index in [-0.39, 0.29) is 11.8 Å². The van der Waals surface area contributed by atoms with Crippen LogP contribution in [-0.4, -0.2) is 65.5 Å². The van der Waals surface area contributed by atoms with Crippen LogP contribution in [0, 0.1) is 0 Å². The fourth-order valence-corrected chi connectivity index (χ4v) is 2.82. The minimum atomic E-state index is -0.575. The number of carbonyl (C=O) groups is 2. The maximum absolute atomic E-state index is 12.0. The summed E-state index contributed by atoms with van der Waals surface area (Å²) in [5, 5.41) is 13.5. The van der Waals surface area contributed by atoms with Gasteiger partial charge in [0.15, 0.2) is 0 Å². The molecule has 2 N–H and O–H groups in total. The van der Waals surface area contributed by atoms with Crippen LogP contribution in [0.5, 0.6) is 0 Å². The van der Waals surface area contributed by atoms with Crippen LogP contribution < -0.4 is 5.32 Å². The number of aliphatic hydroxyl groups excluding tert-OH is 1. The Morgan fingerprint density at radius 3 is 2.62 bits per heavy atom. The lowest BCUT2D eigenvalue weighted by atomic mass is 10.2. The third kappa shape index (κ3) is 6.11. The van der Waals surface area contributed by atoms with Gasteiger partial charge < -0.3 is 15.3 Å². The number of rotatable bonds is 5. The normalized spacial score (nSPS) is 19.0. The molecule has 1 aliphatic rings. The highest BCUT2D eigenvalue weighted by atomic mass is 35.5. The van der Waals surface area contributed by atoms with Crippen molar-refractivity contribution in [1.82, 2.24) is 15.1 Å². The smallest absolute Gasteiger partial charge is 0.221 e. The van der Waals surface area contributed by atoms with Crippen LogP contribution in [0.2, 0.25) is 5.02 Å². The van der Waals surface area contributed by atoms with Gasteiger partial charge in [-0.15, -0.1) is 0 Å². The molecule has 1 saturated heterocycles. The Labute approximate surface area is 147 Å². The molecule has 1 aromatic carbocycles. The van der Waals surface area contributed by atoms with Crippen molar-refractivity contribution < 1.29 is 14.7 Å². The number of nitrogens with one attached hydrogen (secondary N) is 1. The molecule has 7 heteroatoms. The average molecular weight is 354 g/mol. The second-order valence-electron chi connectivity index (χ2n) is 6.07. The summed E-state index contributed by atoms with van der Waals surface area (Å²) in [6.45, 7) is 4.63. The lowest BCUT2D eigenvalue weighted by molar-refractivity contribution is -0.129. The largest absolute Gasteiger partial charge is 0.390 e. The number of carbonyl (C=O) groups excluding carboxylic acids is 2. The molecule has 132 valence electrons. The summed E-state index contributed by atoms with van der Waals surface area (Å²) >= 11 is 5.83. The van der Waals surface area contributed by atoms with Crippen LogP contribution in [-0.2, 0) is 16.1 Å². The first-order chi connectivity index (χ1) is 11.4. The molecule has 2 rings (SSSR count). The van der Waals surface area contributed by atoms with E-state index in [2.05, 4.69) is 5.32 Å². The van der Waals surface area contributed by atoms with Crippen LogP contribution >= 0.6 is 11.6 Å². The van der Waals surface area contributed by atoms with E-state index < -0.39 is 6.10 Å². The van der Waals surface area contributed by atoms with E-state index >= 15 is 0 Å². The van der Waals surface area contributed by atoms with Crippen molar-refractivity contribution in [2.24, 2.45) is 0 Å². The van der Waals surface area contributed by atoms with Gasteiger partial charge in [0.1, 0.15) is 0 Å². The van der Waals surface area contributed by atoms with Crippen LogP contribution in [0.3, 0.4) is 0 Å². The van der Waals surface area contributed by atoms with E-state index in [0.29, 0.717) is 50.7 Å². The van der Waals surface area contributed by atoms with Crippen LogP contribution in [0.4, 0.5) is 0 Å². The summed E-state index contributed by atoms with van der Waals surface area (Å²) in [6.07, 6.45) is -0.214. The zero-order valence-corrected chi connectivity index (χ0v) is 14.6. The zero-order chi connectivity index (χ0) is 17.5. The summed E-state index contributed by atoms with van der Waals surface area (Å²) in [4.78, 5) is 27.1. The molecule has 6 nitrogen and oxygen atoms in total. The molecule has 0 unspecified atom stereocenters. The molecule has 0 saturated carbocycles. The van der Waals surface area contributed by atoms with E-state index in [1.807, 2.05) is 17.0 Å². The monoisotopic (exact) mass is 353 g/mol.